The Hall–Kier alpha value is -1.94. The predicted octanol–water partition coefficient (Wildman–Crippen LogP) is 26.1. The number of ether oxygens (including phenoxy) is 4. The lowest BCUT2D eigenvalue weighted by Gasteiger charge is -2.21. The molecule has 2 unspecified atom stereocenters. The van der Waals surface area contributed by atoms with Gasteiger partial charge in [0.25, 0.3) is 0 Å². The number of unbranched alkanes of at least 4 members (excludes halogenated alkanes) is 60. The molecule has 0 aliphatic rings. The van der Waals surface area contributed by atoms with Crippen molar-refractivity contribution in [1.29, 1.82) is 0 Å². The second-order valence-electron chi connectivity index (χ2n) is 30.6. The first-order valence-corrected chi connectivity index (χ1v) is 47.3. The molecule has 0 rings (SSSR count). The summed E-state index contributed by atoms with van der Waals surface area (Å²) in [6, 6.07) is 0. The Morgan fingerprint density at radius 3 is 0.567 bits per heavy atom. The van der Waals surface area contributed by atoms with Crippen molar-refractivity contribution in [3.05, 3.63) is 0 Å². The van der Waals surface area contributed by atoms with Crippen LogP contribution in [0.5, 0.6) is 0 Å². The topological polar surface area (TPSA) is 237 Å². The van der Waals surface area contributed by atoms with E-state index >= 15 is 0 Å². The minimum absolute atomic E-state index is 0.108. The van der Waals surface area contributed by atoms with Gasteiger partial charge in [-0.1, -0.05) is 413 Å². The van der Waals surface area contributed by atoms with E-state index in [0.717, 1.165) is 96.3 Å². The fraction of sp³-hybridized carbons (Fsp3) is 0.953. The summed E-state index contributed by atoms with van der Waals surface area (Å²) in [5.74, 6) is -2.11. The molecule has 0 radical (unpaired) electrons. The molecule has 618 valence electrons. The van der Waals surface area contributed by atoms with Crippen molar-refractivity contribution in [3.63, 3.8) is 0 Å². The number of hydrogen-bond donors (Lipinski definition) is 3. The van der Waals surface area contributed by atoms with Crippen molar-refractivity contribution < 1.29 is 80.2 Å². The molecule has 0 bridgehead atoms. The number of aliphatic hydroxyl groups is 1. The van der Waals surface area contributed by atoms with Crippen LogP contribution in [0.4, 0.5) is 0 Å². The second kappa shape index (κ2) is 79.2. The molecule has 0 aliphatic carbocycles. The molecule has 0 aromatic rings. The molecule has 0 aliphatic heterocycles. The van der Waals surface area contributed by atoms with Gasteiger partial charge in [0, 0.05) is 25.7 Å². The zero-order valence-corrected chi connectivity index (χ0v) is 69.8. The number of hydrogen-bond acceptors (Lipinski definition) is 15. The lowest BCUT2D eigenvalue weighted by atomic mass is 10.0. The van der Waals surface area contributed by atoms with E-state index in [1.165, 1.54) is 289 Å². The normalized spacial score (nSPS) is 13.7. The lowest BCUT2D eigenvalue weighted by Crippen LogP contribution is -2.30. The van der Waals surface area contributed by atoms with E-state index in [0.29, 0.717) is 25.7 Å². The highest BCUT2D eigenvalue weighted by atomic mass is 31.2. The summed E-state index contributed by atoms with van der Waals surface area (Å²) in [7, 11) is -9.91. The zero-order chi connectivity index (χ0) is 76.0. The van der Waals surface area contributed by atoms with Crippen molar-refractivity contribution >= 4 is 39.5 Å². The third-order valence-corrected chi connectivity index (χ3v) is 22.0. The maximum absolute atomic E-state index is 13.1. The van der Waals surface area contributed by atoms with Crippen LogP contribution in [0, 0.1) is 0 Å². The van der Waals surface area contributed by atoms with Gasteiger partial charge in [-0.2, -0.15) is 0 Å². The average molecular weight is 1520 g/mol. The minimum atomic E-state index is -4.96. The summed E-state index contributed by atoms with van der Waals surface area (Å²) in [5.41, 5.74) is 0. The molecule has 3 N–H and O–H groups in total. The van der Waals surface area contributed by atoms with Crippen LogP contribution in [0.25, 0.3) is 0 Å². The SMILES string of the molecule is CCCCCCCCCCCCCCCCCCCCCCCCC(=O)O[C@H](COC(=O)CCCCCCCCCCCCCCCCCCCCCC)COP(=O)(O)OC[C@@H](O)COP(=O)(O)OC[C@@H](COC(=O)CCCCCCC)OC(=O)CCCCCCCCCCCCCCCCCCC. The summed E-state index contributed by atoms with van der Waals surface area (Å²) < 4.78 is 68.6. The zero-order valence-electron chi connectivity index (χ0n) is 68.0. The van der Waals surface area contributed by atoms with Crippen LogP contribution in [-0.4, -0.2) is 96.7 Å². The number of carbonyl (C=O) groups is 4. The summed E-state index contributed by atoms with van der Waals surface area (Å²) in [4.78, 5) is 72.9. The fourth-order valence-electron chi connectivity index (χ4n) is 13.3. The second-order valence-corrected chi connectivity index (χ2v) is 33.5. The Morgan fingerprint density at radius 2 is 0.385 bits per heavy atom. The van der Waals surface area contributed by atoms with Gasteiger partial charge in [-0.25, -0.2) is 9.13 Å². The Morgan fingerprint density at radius 1 is 0.231 bits per heavy atom. The van der Waals surface area contributed by atoms with Crippen molar-refractivity contribution in [2.24, 2.45) is 0 Å². The number of aliphatic hydroxyl groups excluding tert-OH is 1. The van der Waals surface area contributed by atoms with Gasteiger partial charge in [0.2, 0.25) is 0 Å². The Labute approximate surface area is 638 Å². The fourth-order valence-corrected chi connectivity index (χ4v) is 14.9. The Bertz CT molecular complexity index is 1960. The highest BCUT2D eigenvalue weighted by Gasteiger charge is 2.30. The summed E-state index contributed by atoms with van der Waals surface area (Å²) in [5, 5.41) is 10.6. The monoisotopic (exact) mass is 1520 g/mol. The van der Waals surface area contributed by atoms with Crippen molar-refractivity contribution in [1.82, 2.24) is 0 Å². The van der Waals surface area contributed by atoms with Gasteiger partial charge < -0.3 is 33.8 Å². The van der Waals surface area contributed by atoms with E-state index in [9.17, 15) is 43.2 Å². The van der Waals surface area contributed by atoms with E-state index in [-0.39, 0.29) is 25.7 Å². The van der Waals surface area contributed by atoms with Gasteiger partial charge in [0.15, 0.2) is 12.2 Å². The largest absolute Gasteiger partial charge is 0.472 e. The third kappa shape index (κ3) is 78.2. The first-order chi connectivity index (χ1) is 50.7. The molecule has 19 heteroatoms. The van der Waals surface area contributed by atoms with Gasteiger partial charge in [-0.3, -0.25) is 37.3 Å². The number of rotatable bonds is 86. The van der Waals surface area contributed by atoms with Crippen molar-refractivity contribution in [3.8, 4) is 0 Å². The molecule has 104 heavy (non-hydrogen) atoms. The molecular formula is C85H166O17P2. The molecule has 0 spiro atoms. The third-order valence-electron chi connectivity index (χ3n) is 20.1. The first kappa shape index (κ1) is 102. The molecule has 5 atom stereocenters. The smallest absolute Gasteiger partial charge is 0.462 e. The van der Waals surface area contributed by atoms with Gasteiger partial charge in [-0.15, -0.1) is 0 Å². The summed E-state index contributed by atoms with van der Waals surface area (Å²) >= 11 is 0. The predicted molar refractivity (Wildman–Crippen MR) is 428 cm³/mol. The van der Waals surface area contributed by atoms with Crippen LogP contribution < -0.4 is 0 Å². The number of phosphoric acid groups is 2. The highest BCUT2D eigenvalue weighted by molar-refractivity contribution is 7.47. The molecule has 0 fully saturated rings. The summed E-state index contributed by atoms with van der Waals surface area (Å²) in [6.45, 7) is 4.96. The van der Waals surface area contributed by atoms with Crippen LogP contribution in [0.1, 0.15) is 464 Å². The van der Waals surface area contributed by atoms with Crippen LogP contribution in [0.15, 0.2) is 0 Å². The van der Waals surface area contributed by atoms with Crippen LogP contribution in [0.2, 0.25) is 0 Å². The molecular weight excluding hydrogens is 1350 g/mol. The van der Waals surface area contributed by atoms with E-state index in [1.807, 2.05) is 0 Å². The van der Waals surface area contributed by atoms with Crippen LogP contribution in [-0.2, 0) is 65.4 Å². The molecule has 0 heterocycles. The van der Waals surface area contributed by atoms with E-state index < -0.39 is 97.5 Å². The van der Waals surface area contributed by atoms with Crippen molar-refractivity contribution in [2.45, 2.75) is 483 Å². The molecule has 0 saturated heterocycles. The molecule has 0 amide bonds. The van der Waals surface area contributed by atoms with E-state index in [4.69, 9.17) is 37.0 Å². The number of carbonyl (C=O) groups excluding carboxylic acids is 4. The highest BCUT2D eigenvalue weighted by Crippen LogP contribution is 2.45. The minimum Gasteiger partial charge on any atom is -0.462 e. The summed E-state index contributed by atoms with van der Waals surface area (Å²) in [6.07, 6.45) is 74.3. The van der Waals surface area contributed by atoms with Crippen LogP contribution >= 0.6 is 15.6 Å². The maximum Gasteiger partial charge on any atom is 0.472 e. The number of esters is 4. The number of phosphoric ester groups is 2. The van der Waals surface area contributed by atoms with Gasteiger partial charge in [-0.05, 0) is 25.7 Å². The molecule has 0 aromatic carbocycles. The maximum atomic E-state index is 13.1. The molecule has 0 saturated carbocycles. The van der Waals surface area contributed by atoms with Crippen LogP contribution in [0.3, 0.4) is 0 Å². The van der Waals surface area contributed by atoms with Gasteiger partial charge >= 0.3 is 39.5 Å². The van der Waals surface area contributed by atoms with E-state index in [1.54, 1.807) is 0 Å². The molecule has 17 nitrogen and oxygen atoms in total. The van der Waals surface area contributed by atoms with E-state index in [2.05, 4.69) is 27.7 Å². The Kier molecular flexibility index (Phi) is 77.7. The standard InChI is InChI=1S/C85H166O17P2/c1-5-9-13-17-20-23-26-29-32-35-37-39-40-42-45-48-51-54-57-60-64-68-72-85(90)102-81(76-96-83(88)70-66-62-58-55-52-49-46-44-41-38-36-33-30-27-24-21-18-14-10-6-2)78-100-104(93,94)98-74-79(86)73-97-103(91,92)99-77-80(75-95-82(87)69-65-61-16-12-8-4)101-84(89)71-67-63-59-56-53-50-47-43-34-31-28-25-22-19-15-11-7-3/h79-81,86H,5-78H2,1-4H3,(H,91,92)(H,93,94)/t79-,80+,81+/m0/s1. The quantitative estimate of drug-likeness (QED) is 0.0222. The molecule has 0 aromatic heterocycles. The van der Waals surface area contributed by atoms with Crippen molar-refractivity contribution in [2.75, 3.05) is 39.6 Å². The Balaban J connectivity index is 5.09. The average Bonchev–Trinajstić information content (AvgIpc) is 0.915. The van der Waals surface area contributed by atoms with Gasteiger partial charge in [0.1, 0.15) is 19.3 Å². The first-order valence-electron chi connectivity index (χ1n) is 44.3. The van der Waals surface area contributed by atoms with Gasteiger partial charge in [0.05, 0.1) is 26.4 Å². The lowest BCUT2D eigenvalue weighted by molar-refractivity contribution is -0.161.